The molecule has 1 amide bonds. The van der Waals surface area contributed by atoms with Gasteiger partial charge in [0.15, 0.2) is 6.10 Å². The van der Waals surface area contributed by atoms with E-state index in [9.17, 15) is 14.0 Å². The van der Waals surface area contributed by atoms with Gasteiger partial charge in [0.1, 0.15) is 16.6 Å². The molecule has 2 aromatic heterocycles. The number of ether oxygens (including phenoxy) is 1. The van der Waals surface area contributed by atoms with Gasteiger partial charge in [0.05, 0.1) is 11.3 Å². The molecule has 29 heavy (non-hydrogen) atoms. The van der Waals surface area contributed by atoms with E-state index in [0.717, 1.165) is 5.69 Å². The second-order valence-corrected chi connectivity index (χ2v) is 7.08. The Hall–Kier alpha value is -3.20. The highest BCUT2D eigenvalue weighted by atomic mass is 32.2. The average Bonchev–Trinajstić information content (AvgIpc) is 3.11. The van der Waals surface area contributed by atoms with E-state index in [1.165, 1.54) is 43.0 Å². The Labute approximate surface area is 170 Å². The predicted octanol–water partition coefficient (Wildman–Crippen LogP) is 3.99. The molecule has 0 bridgehead atoms. The predicted molar refractivity (Wildman–Crippen MR) is 105 cm³/mol. The topological polar surface area (TPSA) is 94.3 Å². The molecule has 0 saturated heterocycles. The Kier molecular flexibility index (Phi) is 6.61. The summed E-state index contributed by atoms with van der Waals surface area (Å²) in [5.74, 6) is -0.574. The highest BCUT2D eigenvalue weighted by molar-refractivity contribution is 7.98. The smallest absolute Gasteiger partial charge is 0.341 e. The number of halogens is 1. The molecule has 0 spiro atoms. The van der Waals surface area contributed by atoms with Crippen molar-refractivity contribution in [2.75, 3.05) is 5.32 Å². The highest BCUT2D eigenvalue weighted by Gasteiger charge is 2.22. The lowest BCUT2D eigenvalue weighted by Gasteiger charge is -2.14. The first kappa shape index (κ1) is 20.5. The number of anilines is 1. The molecule has 3 aromatic rings. The Balaban J connectivity index is 1.63. The van der Waals surface area contributed by atoms with Crippen LogP contribution in [0.1, 0.15) is 28.7 Å². The summed E-state index contributed by atoms with van der Waals surface area (Å²) in [5.41, 5.74) is 1.24. The van der Waals surface area contributed by atoms with Crippen LogP contribution in [0.15, 0.2) is 58.2 Å². The molecule has 1 aromatic carbocycles. The lowest BCUT2D eigenvalue weighted by atomic mass is 10.2. The van der Waals surface area contributed by atoms with Crippen LogP contribution < -0.4 is 5.32 Å². The van der Waals surface area contributed by atoms with Crippen molar-refractivity contribution < 1.29 is 23.2 Å². The fraction of sp³-hybridized carbons (Fsp3) is 0.200. The van der Waals surface area contributed by atoms with Gasteiger partial charge < -0.3 is 14.6 Å². The van der Waals surface area contributed by atoms with Crippen molar-refractivity contribution in [1.82, 2.24) is 10.1 Å². The zero-order valence-electron chi connectivity index (χ0n) is 15.7. The lowest BCUT2D eigenvalue weighted by molar-refractivity contribution is -0.123. The van der Waals surface area contributed by atoms with E-state index >= 15 is 0 Å². The maximum absolute atomic E-state index is 13.2. The number of nitrogens with zero attached hydrogens (tertiary/aromatic N) is 2. The minimum absolute atomic E-state index is 0.239. The zero-order valence-corrected chi connectivity index (χ0v) is 16.5. The number of carbonyl (C=O) groups excluding carboxylic acids is 2. The second kappa shape index (κ2) is 9.33. The molecule has 2 heterocycles. The molecule has 3 rings (SSSR count). The van der Waals surface area contributed by atoms with Crippen LogP contribution in [0.25, 0.3) is 0 Å². The van der Waals surface area contributed by atoms with Gasteiger partial charge in [0, 0.05) is 23.7 Å². The maximum atomic E-state index is 13.2. The minimum Gasteiger partial charge on any atom is -0.449 e. The molecule has 9 heteroatoms. The molecule has 7 nitrogen and oxygen atoms in total. The van der Waals surface area contributed by atoms with Crippen molar-refractivity contribution in [3.8, 4) is 0 Å². The molecule has 150 valence electrons. The first-order valence-electron chi connectivity index (χ1n) is 8.70. The Morgan fingerprint density at radius 1 is 1.28 bits per heavy atom. The van der Waals surface area contributed by atoms with Crippen molar-refractivity contribution in [3.05, 3.63) is 71.5 Å². The van der Waals surface area contributed by atoms with Crippen LogP contribution >= 0.6 is 11.8 Å². The first-order chi connectivity index (χ1) is 13.9. The SMILES string of the molecule is Cc1cc(CSc2ncccc2C(=O)O[C@@H](C)C(=O)Nc2cccc(F)c2)no1. The van der Waals surface area contributed by atoms with E-state index in [0.29, 0.717) is 16.5 Å². The van der Waals surface area contributed by atoms with Crippen LogP contribution in [0.3, 0.4) is 0 Å². The number of pyridine rings is 1. The minimum atomic E-state index is -1.08. The summed E-state index contributed by atoms with van der Waals surface area (Å²) in [6, 6.07) is 10.4. The van der Waals surface area contributed by atoms with Crippen molar-refractivity contribution in [2.45, 2.75) is 30.7 Å². The van der Waals surface area contributed by atoms with Crippen LogP contribution in [0.4, 0.5) is 10.1 Å². The molecule has 0 radical (unpaired) electrons. The normalized spacial score (nSPS) is 11.7. The summed E-state index contributed by atoms with van der Waals surface area (Å²) in [6.45, 7) is 3.23. The van der Waals surface area contributed by atoms with Crippen molar-refractivity contribution in [3.63, 3.8) is 0 Å². The number of rotatable bonds is 7. The molecule has 1 atom stereocenters. The molecule has 0 saturated carbocycles. The van der Waals surface area contributed by atoms with Crippen LogP contribution in [0.2, 0.25) is 0 Å². The summed E-state index contributed by atoms with van der Waals surface area (Å²) in [6.07, 6.45) is 0.481. The molecule has 0 aliphatic rings. The van der Waals surface area contributed by atoms with Gasteiger partial charge in [-0.3, -0.25) is 4.79 Å². The van der Waals surface area contributed by atoms with Crippen molar-refractivity contribution in [1.29, 1.82) is 0 Å². The van der Waals surface area contributed by atoms with Crippen LogP contribution in [0, 0.1) is 12.7 Å². The second-order valence-electron chi connectivity index (χ2n) is 6.12. The molecule has 0 fully saturated rings. The number of aromatic nitrogens is 2. The van der Waals surface area contributed by atoms with E-state index < -0.39 is 23.8 Å². The van der Waals surface area contributed by atoms with Crippen LogP contribution in [-0.2, 0) is 15.3 Å². The van der Waals surface area contributed by atoms with Gasteiger partial charge in [-0.25, -0.2) is 14.2 Å². The van der Waals surface area contributed by atoms with Gasteiger partial charge in [-0.15, -0.1) is 0 Å². The number of thioether (sulfide) groups is 1. The summed E-state index contributed by atoms with van der Waals surface area (Å²) in [5, 5.41) is 6.87. The molecule has 0 aliphatic heterocycles. The van der Waals surface area contributed by atoms with Gasteiger partial charge in [-0.1, -0.05) is 23.0 Å². The number of amides is 1. The number of aryl methyl sites for hydroxylation is 1. The third-order valence-electron chi connectivity index (χ3n) is 3.77. The molecule has 1 N–H and O–H groups in total. The molecule has 0 aliphatic carbocycles. The Morgan fingerprint density at radius 3 is 2.83 bits per heavy atom. The van der Waals surface area contributed by atoms with Gasteiger partial charge in [0.2, 0.25) is 0 Å². The Bertz CT molecular complexity index is 1020. The average molecular weight is 415 g/mol. The summed E-state index contributed by atoms with van der Waals surface area (Å²) >= 11 is 1.30. The fourth-order valence-corrected chi connectivity index (χ4v) is 3.24. The first-order valence-corrected chi connectivity index (χ1v) is 9.68. The number of nitrogens with one attached hydrogen (secondary N) is 1. The Morgan fingerprint density at radius 2 is 2.10 bits per heavy atom. The van der Waals surface area contributed by atoms with Crippen LogP contribution in [-0.4, -0.2) is 28.1 Å². The number of hydrogen-bond donors (Lipinski definition) is 1. The van der Waals surface area contributed by atoms with Gasteiger partial charge in [0.25, 0.3) is 5.91 Å². The van der Waals surface area contributed by atoms with E-state index in [2.05, 4.69) is 15.5 Å². The van der Waals surface area contributed by atoms with Crippen molar-refractivity contribution in [2.24, 2.45) is 0 Å². The third kappa shape index (κ3) is 5.64. The largest absolute Gasteiger partial charge is 0.449 e. The van der Waals surface area contributed by atoms with Crippen molar-refractivity contribution >= 4 is 29.3 Å². The summed E-state index contributed by atoms with van der Waals surface area (Å²) in [4.78, 5) is 29.0. The summed E-state index contributed by atoms with van der Waals surface area (Å²) in [7, 11) is 0. The van der Waals surface area contributed by atoms with E-state index in [1.807, 2.05) is 0 Å². The maximum Gasteiger partial charge on any atom is 0.341 e. The molecular formula is C20H18FN3O4S. The van der Waals surface area contributed by atoms with E-state index in [4.69, 9.17) is 9.26 Å². The third-order valence-corrected chi connectivity index (χ3v) is 4.81. The molecule has 0 unspecified atom stereocenters. The number of esters is 1. The summed E-state index contributed by atoms with van der Waals surface area (Å²) < 4.78 is 23.5. The number of hydrogen-bond acceptors (Lipinski definition) is 7. The van der Waals surface area contributed by atoms with Gasteiger partial charge in [-0.2, -0.15) is 0 Å². The van der Waals surface area contributed by atoms with Crippen LogP contribution in [0.5, 0.6) is 0 Å². The standard InChI is InChI=1S/C20H18FN3O4S/c1-12-9-16(24-28-12)11-29-19-17(7-4-8-22-19)20(26)27-13(2)18(25)23-15-6-3-5-14(21)10-15/h3-10,13H,11H2,1-2H3,(H,23,25)/t13-/m0/s1. The fourth-order valence-electron chi connectivity index (χ4n) is 2.38. The monoisotopic (exact) mass is 415 g/mol. The van der Waals surface area contributed by atoms with Gasteiger partial charge >= 0.3 is 5.97 Å². The zero-order chi connectivity index (χ0) is 20.8. The lowest BCUT2D eigenvalue weighted by Crippen LogP contribution is -2.30. The van der Waals surface area contributed by atoms with E-state index in [1.54, 1.807) is 31.3 Å². The van der Waals surface area contributed by atoms with E-state index in [-0.39, 0.29) is 11.3 Å². The number of benzene rings is 1. The quantitative estimate of drug-likeness (QED) is 0.460. The highest BCUT2D eigenvalue weighted by Crippen LogP contribution is 2.25. The molecular weight excluding hydrogens is 397 g/mol. The van der Waals surface area contributed by atoms with Gasteiger partial charge in [-0.05, 0) is 44.2 Å². The number of carbonyl (C=O) groups is 2.